The van der Waals surface area contributed by atoms with Crippen molar-refractivity contribution >= 4 is 5.69 Å². The minimum atomic E-state index is 0.676. The summed E-state index contributed by atoms with van der Waals surface area (Å²) in [7, 11) is 4.05. The zero-order chi connectivity index (χ0) is 10.4. The standard InChI is InChI=1S/C9H18N4O/c1-12(2)3-5-14-6-4-13-8-9(10)7-11-13/h7-8H,3-6,10H2,1-2H3. The van der Waals surface area contributed by atoms with Crippen molar-refractivity contribution in [3.8, 4) is 0 Å². The highest BCUT2D eigenvalue weighted by Crippen LogP contribution is 1.97. The second-order valence-electron chi connectivity index (χ2n) is 3.45. The molecule has 5 heteroatoms. The second kappa shape index (κ2) is 5.62. The van der Waals surface area contributed by atoms with E-state index in [9.17, 15) is 0 Å². The molecule has 0 unspecified atom stereocenters. The number of ether oxygens (including phenoxy) is 1. The fourth-order valence-electron chi connectivity index (χ4n) is 1.01. The number of rotatable bonds is 6. The molecule has 2 N–H and O–H groups in total. The van der Waals surface area contributed by atoms with E-state index >= 15 is 0 Å². The molecule has 0 atom stereocenters. The molecule has 0 spiro atoms. The number of anilines is 1. The molecule has 1 aromatic heterocycles. The summed E-state index contributed by atoms with van der Waals surface area (Å²) in [4.78, 5) is 2.09. The normalized spacial score (nSPS) is 11.1. The Morgan fingerprint density at radius 1 is 1.50 bits per heavy atom. The first-order valence-corrected chi connectivity index (χ1v) is 4.69. The van der Waals surface area contributed by atoms with Crippen molar-refractivity contribution in [1.82, 2.24) is 14.7 Å². The lowest BCUT2D eigenvalue weighted by Crippen LogP contribution is -2.19. The fraction of sp³-hybridized carbons (Fsp3) is 0.667. The second-order valence-corrected chi connectivity index (χ2v) is 3.45. The number of nitrogens with two attached hydrogens (primary N) is 1. The largest absolute Gasteiger partial charge is 0.396 e. The Hall–Kier alpha value is -1.07. The van der Waals surface area contributed by atoms with Crippen molar-refractivity contribution in [2.24, 2.45) is 0 Å². The molecule has 0 radical (unpaired) electrons. The Bertz CT molecular complexity index is 259. The Morgan fingerprint density at radius 2 is 2.29 bits per heavy atom. The van der Waals surface area contributed by atoms with Crippen molar-refractivity contribution in [2.75, 3.05) is 39.6 Å². The van der Waals surface area contributed by atoms with Crippen LogP contribution >= 0.6 is 0 Å². The van der Waals surface area contributed by atoms with E-state index in [1.807, 2.05) is 14.1 Å². The molecule has 0 aliphatic carbocycles. The van der Waals surface area contributed by atoms with Crippen molar-refractivity contribution in [3.63, 3.8) is 0 Å². The first-order chi connectivity index (χ1) is 6.68. The molecule has 5 nitrogen and oxygen atoms in total. The van der Waals surface area contributed by atoms with Crippen molar-refractivity contribution in [3.05, 3.63) is 12.4 Å². The number of aromatic nitrogens is 2. The molecule has 80 valence electrons. The number of hydrogen-bond acceptors (Lipinski definition) is 4. The SMILES string of the molecule is CN(C)CCOCCn1cc(N)cn1. The third kappa shape index (κ3) is 4.25. The summed E-state index contributed by atoms with van der Waals surface area (Å²) in [5.74, 6) is 0. The molecule has 0 amide bonds. The van der Waals surface area contributed by atoms with Crippen LogP contribution in [0.4, 0.5) is 5.69 Å². The molecule has 0 aliphatic rings. The van der Waals surface area contributed by atoms with Crippen LogP contribution in [-0.4, -0.2) is 48.5 Å². The predicted octanol–water partition coefficient (Wildman–Crippen LogP) is 0.0435. The van der Waals surface area contributed by atoms with Crippen LogP contribution < -0.4 is 5.73 Å². The molecule has 0 aliphatic heterocycles. The summed E-state index contributed by atoms with van der Waals surface area (Å²) in [6.45, 7) is 3.13. The summed E-state index contributed by atoms with van der Waals surface area (Å²) in [5.41, 5.74) is 6.21. The lowest BCUT2D eigenvalue weighted by atomic mass is 10.6. The average Bonchev–Trinajstić information content (AvgIpc) is 2.50. The van der Waals surface area contributed by atoms with Gasteiger partial charge in [-0.25, -0.2) is 0 Å². The van der Waals surface area contributed by atoms with Gasteiger partial charge in [-0.05, 0) is 14.1 Å². The lowest BCUT2D eigenvalue weighted by molar-refractivity contribution is 0.109. The summed E-state index contributed by atoms with van der Waals surface area (Å²) in [6.07, 6.45) is 3.44. The van der Waals surface area contributed by atoms with Crippen LogP contribution in [0.3, 0.4) is 0 Å². The number of likely N-dealkylation sites (N-methyl/N-ethyl adjacent to an activating group) is 1. The van der Waals surface area contributed by atoms with E-state index in [0.717, 1.165) is 19.7 Å². The molecule has 0 fully saturated rings. The number of nitrogen functional groups attached to an aromatic ring is 1. The van der Waals surface area contributed by atoms with Gasteiger partial charge in [0.1, 0.15) is 0 Å². The highest BCUT2D eigenvalue weighted by molar-refractivity contribution is 5.30. The van der Waals surface area contributed by atoms with Crippen LogP contribution in [0.1, 0.15) is 0 Å². The van der Waals surface area contributed by atoms with E-state index in [2.05, 4.69) is 10.00 Å². The summed E-state index contributed by atoms with van der Waals surface area (Å²) in [6, 6.07) is 0. The van der Waals surface area contributed by atoms with Gasteiger partial charge in [0.05, 0.1) is 31.6 Å². The monoisotopic (exact) mass is 198 g/mol. The topological polar surface area (TPSA) is 56.3 Å². The minimum Gasteiger partial charge on any atom is -0.396 e. The molecule has 0 saturated heterocycles. The molecule has 0 saturated carbocycles. The summed E-state index contributed by atoms with van der Waals surface area (Å²) >= 11 is 0. The maximum atomic E-state index is 5.52. The van der Waals surface area contributed by atoms with Gasteiger partial charge in [-0.2, -0.15) is 5.10 Å². The first-order valence-electron chi connectivity index (χ1n) is 4.69. The Kier molecular flexibility index (Phi) is 4.42. The van der Waals surface area contributed by atoms with Crippen molar-refractivity contribution < 1.29 is 4.74 Å². The molecular weight excluding hydrogens is 180 g/mol. The number of nitrogens with zero attached hydrogens (tertiary/aromatic N) is 3. The van der Waals surface area contributed by atoms with Gasteiger partial charge in [0.15, 0.2) is 0 Å². The molecule has 1 rings (SSSR count). The molecular formula is C9H18N4O. The van der Waals surface area contributed by atoms with Gasteiger partial charge < -0.3 is 15.4 Å². The summed E-state index contributed by atoms with van der Waals surface area (Å²) in [5, 5.41) is 4.05. The lowest BCUT2D eigenvalue weighted by Gasteiger charge is -2.09. The Balaban J connectivity index is 2.04. The van der Waals surface area contributed by atoms with Crippen LogP contribution in [0.5, 0.6) is 0 Å². The van der Waals surface area contributed by atoms with Gasteiger partial charge in [-0.1, -0.05) is 0 Å². The molecule has 1 aromatic rings. The molecule has 0 aromatic carbocycles. The molecule has 0 bridgehead atoms. The molecule has 1 heterocycles. The van der Waals surface area contributed by atoms with Gasteiger partial charge in [-0.3, -0.25) is 4.68 Å². The van der Waals surface area contributed by atoms with Gasteiger partial charge in [0.2, 0.25) is 0 Å². The zero-order valence-electron chi connectivity index (χ0n) is 8.81. The van der Waals surface area contributed by atoms with Crippen LogP contribution in [0.2, 0.25) is 0 Å². The van der Waals surface area contributed by atoms with E-state index in [1.54, 1.807) is 17.1 Å². The van der Waals surface area contributed by atoms with E-state index < -0.39 is 0 Å². The summed E-state index contributed by atoms with van der Waals surface area (Å²) < 4.78 is 7.20. The zero-order valence-corrected chi connectivity index (χ0v) is 8.81. The minimum absolute atomic E-state index is 0.676. The first kappa shape index (κ1) is 11.0. The van der Waals surface area contributed by atoms with E-state index in [0.29, 0.717) is 12.3 Å². The quantitative estimate of drug-likeness (QED) is 0.656. The predicted molar refractivity (Wildman–Crippen MR) is 56.0 cm³/mol. The van der Waals surface area contributed by atoms with Crippen LogP contribution in [0, 0.1) is 0 Å². The molecule has 14 heavy (non-hydrogen) atoms. The number of hydrogen-bond donors (Lipinski definition) is 1. The van der Waals surface area contributed by atoms with Crippen LogP contribution in [0.25, 0.3) is 0 Å². The van der Waals surface area contributed by atoms with Gasteiger partial charge >= 0.3 is 0 Å². The van der Waals surface area contributed by atoms with Crippen molar-refractivity contribution in [1.29, 1.82) is 0 Å². The maximum Gasteiger partial charge on any atom is 0.0719 e. The van der Waals surface area contributed by atoms with Crippen molar-refractivity contribution in [2.45, 2.75) is 6.54 Å². The van der Waals surface area contributed by atoms with E-state index in [1.165, 1.54) is 0 Å². The fourth-order valence-corrected chi connectivity index (χ4v) is 1.01. The van der Waals surface area contributed by atoms with Gasteiger partial charge in [0, 0.05) is 12.7 Å². The van der Waals surface area contributed by atoms with Gasteiger partial charge in [0.25, 0.3) is 0 Å². The van der Waals surface area contributed by atoms with Crippen LogP contribution in [0.15, 0.2) is 12.4 Å². The Labute approximate surface area is 84.4 Å². The maximum absolute atomic E-state index is 5.52. The third-order valence-electron chi connectivity index (χ3n) is 1.80. The van der Waals surface area contributed by atoms with E-state index in [-0.39, 0.29) is 0 Å². The van der Waals surface area contributed by atoms with Crippen LogP contribution in [-0.2, 0) is 11.3 Å². The highest BCUT2D eigenvalue weighted by Gasteiger charge is 1.94. The third-order valence-corrected chi connectivity index (χ3v) is 1.80. The average molecular weight is 198 g/mol. The van der Waals surface area contributed by atoms with E-state index in [4.69, 9.17) is 10.5 Å². The van der Waals surface area contributed by atoms with Gasteiger partial charge in [-0.15, -0.1) is 0 Å². The smallest absolute Gasteiger partial charge is 0.0719 e. The highest BCUT2D eigenvalue weighted by atomic mass is 16.5. The Morgan fingerprint density at radius 3 is 2.86 bits per heavy atom.